The van der Waals surface area contributed by atoms with Crippen molar-refractivity contribution in [1.29, 1.82) is 0 Å². The number of fused-ring (bicyclic) bond motifs is 1. The van der Waals surface area contributed by atoms with Crippen LogP contribution in [0.1, 0.15) is 22.5 Å². The summed E-state index contributed by atoms with van der Waals surface area (Å²) in [6.07, 6.45) is 5.82. The SMILES string of the molecule is Cn1ccc2c1CC/C(=C\N1CCOCC1)C2=O. The molecule has 4 nitrogen and oxygen atoms in total. The molecule has 0 bridgehead atoms. The van der Waals surface area contributed by atoms with Crippen molar-refractivity contribution in [3.05, 3.63) is 35.3 Å². The fourth-order valence-corrected chi connectivity index (χ4v) is 2.67. The van der Waals surface area contributed by atoms with E-state index < -0.39 is 0 Å². The monoisotopic (exact) mass is 246 g/mol. The quantitative estimate of drug-likeness (QED) is 0.702. The van der Waals surface area contributed by atoms with Crippen molar-refractivity contribution in [2.24, 2.45) is 7.05 Å². The van der Waals surface area contributed by atoms with Crippen LogP contribution in [0.15, 0.2) is 24.0 Å². The van der Waals surface area contributed by atoms with Gasteiger partial charge in [-0.1, -0.05) is 0 Å². The highest BCUT2D eigenvalue weighted by molar-refractivity contribution is 6.10. The predicted molar refractivity (Wildman–Crippen MR) is 68.5 cm³/mol. The molecule has 0 spiro atoms. The van der Waals surface area contributed by atoms with E-state index >= 15 is 0 Å². The Kier molecular flexibility index (Phi) is 2.96. The molecule has 96 valence electrons. The van der Waals surface area contributed by atoms with Crippen molar-refractivity contribution >= 4 is 5.78 Å². The number of rotatable bonds is 1. The number of allylic oxidation sites excluding steroid dienone is 1. The van der Waals surface area contributed by atoms with Gasteiger partial charge in [0.2, 0.25) is 0 Å². The summed E-state index contributed by atoms with van der Waals surface area (Å²) in [7, 11) is 2.00. The van der Waals surface area contributed by atoms with Gasteiger partial charge >= 0.3 is 0 Å². The minimum absolute atomic E-state index is 0.198. The normalized spacial score (nSPS) is 22.4. The first-order valence-electron chi connectivity index (χ1n) is 6.47. The van der Waals surface area contributed by atoms with Crippen LogP contribution in [0, 0.1) is 0 Å². The highest BCUT2D eigenvalue weighted by Crippen LogP contribution is 2.26. The van der Waals surface area contributed by atoms with Crippen LogP contribution in [0.2, 0.25) is 0 Å². The Morgan fingerprint density at radius 3 is 2.83 bits per heavy atom. The highest BCUT2D eigenvalue weighted by atomic mass is 16.5. The second-order valence-corrected chi connectivity index (χ2v) is 4.92. The van der Waals surface area contributed by atoms with Crippen molar-refractivity contribution in [3.8, 4) is 0 Å². The van der Waals surface area contributed by atoms with Gasteiger partial charge in [-0.25, -0.2) is 0 Å². The van der Waals surface area contributed by atoms with Gasteiger partial charge in [0.25, 0.3) is 0 Å². The van der Waals surface area contributed by atoms with E-state index in [0.717, 1.165) is 50.3 Å². The van der Waals surface area contributed by atoms with Gasteiger partial charge in [0.05, 0.1) is 13.2 Å². The maximum absolute atomic E-state index is 12.4. The molecule has 1 saturated heterocycles. The minimum Gasteiger partial charge on any atom is -0.378 e. The number of hydrogen-bond donors (Lipinski definition) is 0. The molecule has 1 fully saturated rings. The number of aromatic nitrogens is 1. The number of ketones is 1. The summed E-state index contributed by atoms with van der Waals surface area (Å²) in [5.41, 5.74) is 2.98. The lowest BCUT2D eigenvalue weighted by atomic mass is 9.92. The first kappa shape index (κ1) is 11.5. The van der Waals surface area contributed by atoms with Crippen LogP contribution in [-0.2, 0) is 18.2 Å². The Morgan fingerprint density at radius 2 is 2.06 bits per heavy atom. The molecule has 1 aliphatic heterocycles. The molecule has 0 atom stereocenters. The molecule has 3 rings (SSSR count). The number of morpholine rings is 1. The van der Waals surface area contributed by atoms with E-state index in [1.807, 2.05) is 25.5 Å². The van der Waals surface area contributed by atoms with Crippen molar-refractivity contribution in [1.82, 2.24) is 9.47 Å². The summed E-state index contributed by atoms with van der Waals surface area (Å²) in [4.78, 5) is 14.6. The van der Waals surface area contributed by atoms with Crippen LogP contribution >= 0.6 is 0 Å². The van der Waals surface area contributed by atoms with E-state index in [-0.39, 0.29) is 5.78 Å². The lowest BCUT2D eigenvalue weighted by Gasteiger charge is -2.27. The van der Waals surface area contributed by atoms with Crippen LogP contribution in [0.25, 0.3) is 0 Å². The Balaban J connectivity index is 1.83. The van der Waals surface area contributed by atoms with Gasteiger partial charge in [-0.2, -0.15) is 0 Å². The molecule has 1 aliphatic carbocycles. The van der Waals surface area contributed by atoms with Gasteiger partial charge in [0.15, 0.2) is 5.78 Å². The van der Waals surface area contributed by atoms with E-state index in [1.165, 1.54) is 5.69 Å². The summed E-state index contributed by atoms with van der Waals surface area (Å²) in [6, 6.07) is 1.93. The molecule has 0 unspecified atom stereocenters. The zero-order chi connectivity index (χ0) is 12.5. The van der Waals surface area contributed by atoms with E-state index in [2.05, 4.69) is 9.47 Å². The molecular weight excluding hydrogens is 228 g/mol. The molecule has 0 saturated carbocycles. The summed E-state index contributed by atoms with van der Waals surface area (Å²) in [6.45, 7) is 3.29. The van der Waals surface area contributed by atoms with Gasteiger partial charge in [-0.05, 0) is 18.9 Å². The number of aryl methyl sites for hydroxylation is 1. The number of Topliss-reactive ketones (excluding diaryl/α,β-unsaturated/α-hetero) is 1. The number of ether oxygens (including phenoxy) is 1. The molecule has 2 aliphatic rings. The number of hydrogen-bond acceptors (Lipinski definition) is 3. The third-order valence-corrected chi connectivity index (χ3v) is 3.75. The highest BCUT2D eigenvalue weighted by Gasteiger charge is 2.24. The molecule has 2 heterocycles. The van der Waals surface area contributed by atoms with Crippen LogP contribution in [0.5, 0.6) is 0 Å². The zero-order valence-corrected chi connectivity index (χ0v) is 10.7. The predicted octanol–water partition coefficient (Wildman–Crippen LogP) is 1.37. The smallest absolute Gasteiger partial charge is 0.192 e. The zero-order valence-electron chi connectivity index (χ0n) is 10.7. The van der Waals surface area contributed by atoms with Gasteiger partial charge < -0.3 is 14.2 Å². The third kappa shape index (κ3) is 1.97. The lowest BCUT2D eigenvalue weighted by molar-refractivity contribution is 0.0586. The molecule has 1 aromatic rings. The Morgan fingerprint density at radius 1 is 1.28 bits per heavy atom. The summed E-state index contributed by atoms with van der Waals surface area (Å²) in [5.74, 6) is 0.198. The molecule has 18 heavy (non-hydrogen) atoms. The first-order valence-corrected chi connectivity index (χ1v) is 6.47. The van der Waals surface area contributed by atoms with Gasteiger partial charge in [0, 0.05) is 49.4 Å². The molecule has 4 heteroatoms. The first-order chi connectivity index (χ1) is 8.75. The molecule has 0 aromatic carbocycles. The Labute approximate surface area is 107 Å². The fourth-order valence-electron chi connectivity index (χ4n) is 2.67. The van der Waals surface area contributed by atoms with Crippen molar-refractivity contribution in [2.45, 2.75) is 12.8 Å². The van der Waals surface area contributed by atoms with Crippen LogP contribution in [0.4, 0.5) is 0 Å². The average molecular weight is 246 g/mol. The molecule has 0 amide bonds. The van der Waals surface area contributed by atoms with Crippen molar-refractivity contribution in [2.75, 3.05) is 26.3 Å². The van der Waals surface area contributed by atoms with E-state index in [9.17, 15) is 4.79 Å². The van der Waals surface area contributed by atoms with Crippen LogP contribution in [0.3, 0.4) is 0 Å². The minimum atomic E-state index is 0.198. The number of nitrogens with zero attached hydrogens (tertiary/aromatic N) is 2. The van der Waals surface area contributed by atoms with Crippen molar-refractivity contribution < 1.29 is 9.53 Å². The van der Waals surface area contributed by atoms with E-state index in [0.29, 0.717) is 0 Å². The standard InChI is InChI=1S/C14H18N2O2/c1-15-5-4-12-13(15)3-2-11(14(12)17)10-16-6-8-18-9-7-16/h4-5,10H,2-3,6-9H2,1H3/b11-10+. The molecule has 1 aromatic heterocycles. The fraction of sp³-hybridized carbons (Fsp3) is 0.500. The third-order valence-electron chi connectivity index (χ3n) is 3.75. The van der Waals surface area contributed by atoms with Crippen LogP contribution < -0.4 is 0 Å². The largest absolute Gasteiger partial charge is 0.378 e. The molecular formula is C14H18N2O2. The maximum atomic E-state index is 12.4. The topological polar surface area (TPSA) is 34.5 Å². The summed E-state index contributed by atoms with van der Waals surface area (Å²) >= 11 is 0. The second-order valence-electron chi connectivity index (χ2n) is 4.92. The Hall–Kier alpha value is -1.55. The van der Waals surface area contributed by atoms with Crippen LogP contribution in [-0.4, -0.2) is 41.6 Å². The lowest BCUT2D eigenvalue weighted by Crippen LogP contribution is -2.33. The summed E-state index contributed by atoms with van der Waals surface area (Å²) < 4.78 is 7.37. The van der Waals surface area contributed by atoms with E-state index in [1.54, 1.807) is 0 Å². The summed E-state index contributed by atoms with van der Waals surface area (Å²) in [5, 5.41) is 0. The molecule has 0 N–H and O–H groups in total. The van der Waals surface area contributed by atoms with Crippen molar-refractivity contribution in [3.63, 3.8) is 0 Å². The maximum Gasteiger partial charge on any atom is 0.192 e. The van der Waals surface area contributed by atoms with Gasteiger partial charge in [-0.3, -0.25) is 4.79 Å². The van der Waals surface area contributed by atoms with Gasteiger partial charge in [0.1, 0.15) is 0 Å². The second kappa shape index (κ2) is 4.61. The average Bonchev–Trinajstić information content (AvgIpc) is 2.77. The Bertz CT molecular complexity index is 496. The number of carbonyl (C=O) groups excluding carboxylic acids is 1. The van der Waals surface area contributed by atoms with Gasteiger partial charge in [-0.15, -0.1) is 0 Å². The van der Waals surface area contributed by atoms with E-state index in [4.69, 9.17) is 4.74 Å². The number of carbonyl (C=O) groups is 1. The molecule has 0 radical (unpaired) electrons.